The van der Waals surface area contributed by atoms with E-state index in [1.165, 1.54) is 4.90 Å². The summed E-state index contributed by atoms with van der Waals surface area (Å²) in [5.41, 5.74) is 2.22. The lowest BCUT2D eigenvalue weighted by Crippen LogP contribution is -2.48. The van der Waals surface area contributed by atoms with Crippen LogP contribution in [0.4, 0.5) is 5.69 Å². The van der Waals surface area contributed by atoms with Gasteiger partial charge in [-0.15, -0.1) is 0 Å². The Bertz CT molecular complexity index is 1120. The zero-order valence-corrected chi connectivity index (χ0v) is 18.4. The maximum atomic E-state index is 13.7. The molecule has 0 spiro atoms. The maximum absolute atomic E-state index is 13.7. The van der Waals surface area contributed by atoms with Gasteiger partial charge in [0.05, 0.1) is 17.9 Å². The van der Waals surface area contributed by atoms with Crippen LogP contribution in [0.15, 0.2) is 54.6 Å². The first kappa shape index (κ1) is 20.9. The lowest BCUT2D eigenvalue weighted by Gasteiger charge is -2.36. The molecule has 6 nitrogen and oxygen atoms in total. The first-order valence-electron chi connectivity index (χ1n) is 10.7. The van der Waals surface area contributed by atoms with Crippen LogP contribution in [-0.4, -0.2) is 54.8 Å². The monoisotopic (exact) mass is 450 g/mol. The predicted molar refractivity (Wildman–Crippen MR) is 122 cm³/mol. The summed E-state index contributed by atoms with van der Waals surface area (Å²) >= 11 is 6.19. The minimum atomic E-state index is -0.763. The Hall–Kier alpha value is -2.96. The van der Waals surface area contributed by atoms with Crippen molar-refractivity contribution in [2.24, 2.45) is 11.8 Å². The van der Waals surface area contributed by atoms with E-state index in [0.717, 1.165) is 11.3 Å². The van der Waals surface area contributed by atoms with Crippen LogP contribution in [0, 0.1) is 11.8 Å². The van der Waals surface area contributed by atoms with Crippen LogP contribution < -0.4 is 4.90 Å². The number of hydrogen-bond acceptors (Lipinski definition) is 5. The molecule has 0 unspecified atom stereocenters. The van der Waals surface area contributed by atoms with E-state index in [1.54, 1.807) is 37.4 Å². The van der Waals surface area contributed by atoms with Gasteiger partial charge in [0.25, 0.3) is 0 Å². The fraction of sp³-hybridized carbons (Fsp3) is 0.320. The molecule has 2 aromatic rings. The number of imide groups is 1. The van der Waals surface area contributed by atoms with Gasteiger partial charge in [-0.25, -0.2) is 0 Å². The molecule has 2 fully saturated rings. The first-order chi connectivity index (χ1) is 15.5. The predicted octanol–water partition coefficient (Wildman–Crippen LogP) is 3.44. The van der Waals surface area contributed by atoms with E-state index in [4.69, 9.17) is 16.3 Å². The number of ketones is 1. The van der Waals surface area contributed by atoms with Crippen LogP contribution in [0.3, 0.4) is 0 Å². The number of carbonyl (C=O) groups excluding carboxylic acids is 3. The Morgan fingerprint density at radius 1 is 1.06 bits per heavy atom. The lowest BCUT2D eigenvalue weighted by molar-refractivity contribution is -0.140. The van der Waals surface area contributed by atoms with Crippen LogP contribution in [0.2, 0.25) is 5.02 Å². The highest BCUT2D eigenvalue weighted by molar-refractivity contribution is 6.30. The molecule has 0 saturated carbocycles. The molecule has 5 rings (SSSR count). The van der Waals surface area contributed by atoms with Gasteiger partial charge in [-0.2, -0.15) is 0 Å². The zero-order chi connectivity index (χ0) is 22.4. The highest BCUT2D eigenvalue weighted by Crippen LogP contribution is 2.49. The van der Waals surface area contributed by atoms with E-state index in [-0.39, 0.29) is 23.6 Å². The van der Waals surface area contributed by atoms with Crippen molar-refractivity contribution in [1.29, 1.82) is 0 Å². The van der Waals surface area contributed by atoms with E-state index in [2.05, 4.69) is 0 Å². The minimum Gasteiger partial charge on any atom is -0.385 e. The summed E-state index contributed by atoms with van der Waals surface area (Å²) in [6.45, 7) is 0.760. The molecule has 164 valence electrons. The molecule has 2 aromatic carbocycles. The second kappa shape index (κ2) is 8.19. The van der Waals surface area contributed by atoms with Crippen molar-refractivity contribution in [1.82, 2.24) is 4.90 Å². The summed E-state index contributed by atoms with van der Waals surface area (Å²) in [6, 6.07) is 13.3. The highest BCUT2D eigenvalue weighted by Gasteiger charge is 2.63. The van der Waals surface area contributed by atoms with E-state index in [1.807, 2.05) is 35.3 Å². The number of ether oxygens (including phenoxy) is 1. The zero-order valence-electron chi connectivity index (χ0n) is 17.6. The van der Waals surface area contributed by atoms with Crippen LogP contribution in [-0.2, 0) is 14.3 Å². The standard InChI is InChI=1S/C25H23ClN2O4/c1-32-13-5-12-27-24(30)20-19-10-8-16-14-17(26)9-11-18(16)28(19)22(21(20)25(27)31)23(29)15-6-3-2-4-7-15/h2-4,6-11,14,19-22H,5,12-13H2,1H3/t19-,20-,21+,22-/m0/s1. The van der Waals surface area contributed by atoms with Crippen molar-refractivity contribution < 1.29 is 19.1 Å². The summed E-state index contributed by atoms with van der Waals surface area (Å²) in [6.07, 6.45) is 4.43. The normalized spacial score (nSPS) is 25.7. The number of fused-ring (bicyclic) bond motifs is 5. The van der Waals surface area contributed by atoms with Gasteiger partial charge >= 0.3 is 0 Å². The third kappa shape index (κ3) is 3.17. The lowest BCUT2D eigenvalue weighted by atomic mass is 9.86. The summed E-state index contributed by atoms with van der Waals surface area (Å²) in [5.74, 6) is -1.96. The van der Waals surface area contributed by atoms with E-state index < -0.39 is 17.9 Å². The third-order valence-electron chi connectivity index (χ3n) is 6.62. The molecule has 0 aromatic heterocycles. The number of nitrogens with zero attached hydrogens (tertiary/aromatic N) is 2. The van der Waals surface area contributed by atoms with E-state index >= 15 is 0 Å². The quantitative estimate of drug-likeness (QED) is 0.383. The molecule has 2 amide bonds. The van der Waals surface area contributed by atoms with Crippen molar-refractivity contribution in [3.05, 3.63) is 70.8 Å². The number of Topliss-reactive ketones (excluding diaryl/α,β-unsaturated/α-hetero) is 1. The van der Waals surface area contributed by atoms with Crippen molar-refractivity contribution in [3.8, 4) is 0 Å². The Morgan fingerprint density at radius 3 is 2.56 bits per heavy atom. The first-order valence-corrected chi connectivity index (χ1v) is 11.1. The van der Waals surface area contributed by atoms with Gasteiger partial charge in [0, 0.05) is 36.5 Å². The Kier molecular flexibility index (Phi) is 5.35. The van der Waals surface area contributed by atoms with Crippen LogP contribution in [0.5, 0.6) is 0 Å². The Balaban J connectivity index is 1.59. The van der Waals surface area contributed by atoms with Crippen molar-refractivity contribution in [3.63, 3.8) is 0 Å². The summed E-state index contributed by atoms with van der Waals surface area (Å²) in [5, 5.41) is 0.591. The molecule has 3 aliphatic rings. The number of hydrogen-bond donors (Lipinski definition) is 0. The fourth-order valence-electron chi connectivity index (χ4n) is 5.27. The van der Waals surface area contributed by atoms with Gasteiger partial charge in [0.2, 0.25) is 11.8 Å². The van der Waals surface area contributed by atoms with E-state index in [9.17, 15) is 14.4 Å². The number of amides is 2. The largest absolute Gasteiger partial charge is 0.385 e. The van der Waals surface area contributed by atoms with Gasteiger partial charge in [0.1, 0.15) is 6.04 Å². The highest BCUT2D eigenvalue weighted by atomic mass is 35.5. The average Bonchev–Trinajstić information content (AvgIpc) is 3.27. The van der Waals surface area contributed by atoms with Gasteiger partial charge < -0.3 is 9.64 Å². The van der Waals surface area contributed by atoms with Crippen molar-refractivity contribution in [2.75, 3.05) is 25.2 Å². The summed E-state index contributed by atoms with van der Waals surface area (Å²) in [7, 11) is 1.59. The average molecular weight is 451 g/mol. The molecular weight excluding hydrogens is 428 g/mol. The smallest absolute Gasteiger partial charge is 0.235 e. The second-order valence-corrected chi connectivity index (χ2v) is 8.80. The van der Waals surface area contributed by atoms with Crippen LogP contribution >= 0.6 is 11.6 Å². The number of carbonyl (C=O) groups is 3. The number of benzene rings is 2. The molecule has 4 atom stereocenters. The molecule has 2 saturated heterocycles. The van der Waals surface area contributed by atoms with Gasteiger partial charge in [-0.05, 0) is 30.2 Å². The Morgan fingerprint density at radius 2 is 1.81 bits per heavy atom. The number of anilines is 1. The van der Waals surface area contributed by atoms with Gasteiger partial charge in [-0.3, -0.25) is 19.3 Å². The van der Waals surface area contributed by atoms with Crippen LogP contribution in [0.1, 0.15) is 22.3 Å². The fourth-order valence-corrected chi connectivity index (χ4v) is 5.45. The molecular formula is C25H23ClN2O4. The molecule has 32 heavy (non-hydrogen) atoms. The molecule has 0 radical (unpaired) electrons. The van der Waals surface area contributed by atoms with Crippen LogP contribution in [0.25, 0.3) is 6.08 Å². The molecule has 0 aliphatic carbocycles. The molecule has 0 N–H and O–H groups in total. The summed E-state index contributed by atoms with van der Waals surface area (Å²) < 4.78 is 5.08. The molecule has 0 bridgehead atoms. The van der Waals surface area contributed by atoms with Gasteiger partial charge in [0.15, 0.2) is 5.78 Å². The SMILES string of the molecule is COCCCN1C(=O)[C@@H]2[C@@H](C1=O)[C@@H]1C=Cc3cc(Cl)ccc3N1[C@@H]2C(=O)c1ccccc1. The maximum Gasteiger partial charge on any atom is 0.235 e. The molecule has 7 heteroatoms. The van der Waals surface area contributed by atoms with Gasteiger partial charge in [-0.1, -0.05) is 54.1 Å². The Labute approximate surface area is 191 Å². The third-order valence-corrected chi connectivity index (χ3v) is 6.85. The second-order valence-electron chi connectivity index (χ2n) is 8.36. The van der Waals surface area contributed by atoms with E-state index in [0.29, 0.717) is 30.2 Å². The number of rotatable bonds is 6. The summed E-state index contributed by atoms with van der Waals surface area (Å²) in [4.78, 5) is 43.9. The van der Waals surface area contributed by atoms with Crippen molar-refractivity contribution in [2.45, 2.75) is 18.5 Å². The topological polar surface area (TPSA) is 66.9 Å². The molecule has 3 aliphatic heterocycles. The number of likely N-dealkylation sites (tertiary alicyclic amines) is 1. The molecule has 3 heterocycles. The minimum absolute atomic E-state index is 0.154. The van der Waals surface area contributed by atoms with Crippen molar-refractivity contribution >= 4 is 41.0 Å². The number of methoxy groups -OCH3 is 1. The number of halogens is 1.